The Morgan fingerprint density at radius 1 is 0.912 bits per heavy atom. The van der Waals surface area contributed by atoms with Gasteiger partial charge in [-0.05, 0) is 49.2 Å². The van der Waals surface area contributed by atoms with Gasteiger partial charge in [0.1, 0.15) is 0 Å². The van der Waals surface area contributed by atoms with Crippen LogP contribution in [-0.4, -0.2) is 29.7 Å². The second-order valence-electron chi connectivity index (χ2n) is 7.86. The lowest BCUT2D eigenvalue weighted by Gasteiger charge is -2.26. The summed E-state index contributed by atoms with van der Waals surface area (Å²) in [6.07, 6.45) is 3.43. The quantitative estimate of drug-likeness (QED) is 0.305. The molecular formula is C27H27Cl2N3OS. The number of carbonyl (C=O) groups is 1. The number of rotatable bonds is 3. The lowest BCUT2D eigenvalue weighted by molar-refractivity contribution is 0.0750. The van der Waals surface area contributed by atoms with Gasteiger partial charge in [0.2, 0.25) is 0 Å². The zero-order valence-corrected chi connectivity index (χ0v) is 21.6. The molecule has 0 aliphatic carbocycles. The zero-order valence-electron chi connectivity index (χ0n) is 19.3. The molecule has 1 fully saturated rings. The summed E-state index contributed by atoms with van der Waals surface area (Å²) in [5.74, 6) is -0.104. The van der Waals surface area contributed by atoms with Gasteiger partial charge in [0, 0.05) is 39.6 Å². The predicted octanol–water partition coefficient (Wildman–Crippen LogP) is 7.78. The van der Waals surface area contributed by atoms with Gasteiger partial charge in [-0.1, -0.05) is 79.5 Å². The maximum Gasteiger partial charge on any atom is 0.265 e. The van der Waals surface area contributed by atoms with Crippen molar-refractivity contribution in [2.24, 2.45) is 4.99 Å². The fourth-order valence-corrected chi connectivity index (χ4v) is 5.26. The number of nitrogens with one attached hydrogen (secondary N) is 1. The van der Waals surface area contributed by atoms with Crippen LogP contribution >= 0.6 is 35.0 Å². The van der Waals surface area contributed by atoms with Gasteiger partial charge in [-0.15, -0.1) is 0 Å². The van der Waals surface area contributed by atoms with Crippen molar-refractivity contribution in [3.8, 4) is 0 Å². The van der Waals surface area contributed by atoms with Crippen molar-refractivity contribution >= 4 is 52.3 Å². The number of piperidine rings is 1. The van der Waals surface area contributed by atoms with E-state index in [1.54, 1.807) is 17.8 Å². The van der Waals surface area contributed by atoms with Crippen LogP contribution in [0.4, 0.5) is 5.69 Å². The van der Waals surface area contributed by atoms with E-state index in [4.69, 9.17) is 28.2 Å². The summed E-state index contributed by atoms with van der Waals surface area (Å²) in [6.45, 7) is 5.78. The lowest BCUT2D eigenvalue weighted by atomic mass is 10.0. The van der Waals surface area contributed by atoms with Gasteiger partial charge < -0.3 is 0 Å². The smallest absolute Gasteiger partial charge is 0.265 e. The molecule has 34 heavy (non-hydrogen) atoms. The van der Waals surface area contributed by atoms with Crippen LogP contribution < -0.4 is 5.43 Å². The van der Waals surface area contributed by atoms with Crippen LogP contribution in [-0.2, 0) is 0 Å². The molecule has 4 nitrogen and oxygen atoms in total. The molecule has 3 aromatic carbocycles. The monoisotopic (exact) mass is 511 g/mol. The van der Waals surface area contributed by atoms with Gasteiger partial charge >= 0.3 is 0 Å². The Balaban J connectivity index is 0.00000133. The molecule has 0 spiro atoms. The van der Waals surface area contributed by atoms with E-state index >= 15 is 0 Å². The normalized spacial score (nSPS) is 15.1. The molecule has 1 N–H and O–H groups in total. The molecule has 5 rings (SSSR count). The van der Waals surface area contributed by atoms with Gasteiger partial charge in [-0.2, -0.15) is 0 Å². The minimum absolute atomic E-state index is 0.104. The molecule has 0 radical (unpaired) electrons. The highest BCUT2D eigenvalue weighted by atomic mass is 35.5. The van der Waals surface area contributed by atoms with Crippen molar-refractivity contribution in [3.63, 3.8) is 0 Å². The summed E-state index contributed by atoms with van der Waals surface area (Å²) in [5.41, 5.74) is 7.10. The number of hydrogen-bond acceptors (Lipinski definition) is 4. The van der Waals surface area contributed by atoms with Crippen molar-refractivity contribution in [2.75, 3.05) is 13.1 Å². The van der Waals surface area contributed by atoms with Gasteiger partial charge in [0.25, 0.3) is 5.91 Å². The first-order chi connectivity index (χ1) is 16.6. The van der Waals surface area contributed by atoms with Crippen molar-refractivity contribution in [3.05, 3.63) is 87.4 Å². The summed E-state index contributed by atoms with van der Waals surface area (Å²) < 4.78 is 0. The number of hydrogen-bond donors (Lipinski definition) is 1. The second kappa shape index (κ2) is 11.4. The Labute approximate surface area is 215 Å². The lowest BCUT2D eigenvalue weighted by Crippen LogP contribution is -2.45. The average molecular weight is 513 g/mol. The van der Waals surface area contributed by atoms with Crippen LogP contribution in [0, 0.1) is 0 Å². The van der Waals surface area contributed by atoms with Crippen molar-refractivity contribution in [1.82, 2.24) is 10.4 Å². The van der Waals surface area contributed by atoms with E-state index in [9.17, 15) is 4.79 Å². The Hall–Kier alpha value is -2.31. The van der Waals surface area contributed by atoms with Crippen LogP contribution in [0.3, 0.4) is 0 Å². The number of amides is 1. The third kappa shape index (κ3) is 5.49. The number of hydrazine groups is 1. The molecule has 2 aliphatic heterocycles. The highest BCUT2D eigenvalue weighted by Gasteiger charge is 2.21. The Bertz CT molecular complexity index is 1220. The summed E-state index contributed by atoms with van der Waals surface area (Å²) in [6, 6.07) is 19.4. The van der Waals surface area contributed by atoms with E-state index in [-0.39, 0.29) is 5.91 Å². The third-order valence-corrected chi connectivity index (χ3v) is 7.50. The van der Waals surface area contributed by atoms with Crippen molar-refractivity contribution in [2.45, 2.75) is 42.9 Å². The molecule has 3 aromatic rings. The van der Waals surface area contributed by atoms with Gasteiger partial charge in [-0.25, -0.2) is 10.0 Å². The third-order valence-electron chi connectivity index (χ3n) is 5.62. The maximum absolute atomic E-state index is 12.9. The minimum atomic E-state index is -0.104. The first kappa shape index (κ1) is 24.8. The zero-order chi connectivity index (χ0) is 24.1. The van der Waals surface area contributed by atoms with Gasteiger partial charge in [0.05, 0.1) is 21.4 Å². The number of nitrogens with zero attached hydrogens (tertiary/aromatic N) is 2. The molecule has 7 heteroatoms. The predicted molar refractivity (Wildman–Crippen MR) is 143 cm³/mol. The molecule has 0 bridgehead atoms. The summed E-state index contributed by atoms with van der Waals surface area (Å²) in [5, 5.41) is 2.99. The topological polar surface area (TPSA) is 44.7 Å². The number of carbonyl (C=O) groups excluding carboxylic acids is 1. The van der Waals surface area contributed by atoms with E-state index in [0.717, 1.165) is 58.2 Å². The molecule has 0 aromatic heterocycles. The molecule has 2 aliphatic rings. The van der Waals surface area contributed by atoms with E-state index in [1.165, 1.54) is 6.42 Å². The average Bonchev–Trinajstić information content (AvgIpc) is 3.04. The summed E-state index contributed by atoms with van der Waals surface area (Å²) in [7, 11) is 0. The minimum Gasteiger partial charge on any atom is -0.285 e. The van der Waals surface area contributed by atoms with Crippen molar-refractivity contribution in [1.29, 1.82) is 0 Å². The molecule has 1 amide bonds. The van der Waals surface area contributed by atoms with Crippen LogP contribution in [0.15, 0.2) is 75.4 Å². The highest BCUT2D eigenvalue weighted by Crippen LogP contribution is 2.42. The first-order valence-electron chi connectivity index (χ1n) is 11.6. The molecule has 0 atom stereocenters. The fraction of sp³-hybridized carbons (Fsp3) is 0.259. The highest BCUT2D eigenvalue weighted by molar-refractivity contribution is 7.99. The molecular weight excluding hydrogens is 485 g/mol. The standard InChI is InChI=1S/C25H21Cl2N3OS.C2H6/c26-19-10-8-16(14-20(19)27)24-18-6-2-3-7-22(18)32-23-11-9-17(15-21(23)28-24)25(31)29-30-12-4-1-5-13-30;1-2/h2-3,6-11,14-15H,1,4-5,12-13H2,(H,29,31);1-2H3. The van der Waals surface area contributed by atoms with Crippen LogP contribution in [0.2, 0.25) is 10.0 Å². The van der Waals surface area contributed by atoms with Gasteiger partial charge in [0.15, 0.2) is 0 Å². The Morgan fingerprint density at radius 2 is 1.68 bits per heavy atom. The second-order valence-corrected chi connectivity index (χ2v) is 9.76. The molecule has 2 heterocycles. The van der Waals surface area contributed by atoms with Crippen LogP contribution in [0.1, 0.15) is 54.6 Å². The van der Waals surface area contributed by atoms with Crippen LogP contribution in [0.25, 0.3) is 0 Å². The Morgan fingerprint density at radius 3 is 2.44 bits per heavy atom. The van der Waals surface area contributed by atoms with Gasteiger partial charge in [-0.3, -0.25) is 10.2 Å². The first-order valence-corrected chi connectivity index (χ1v) is 13.2. The summed E-state index contributed by atoms with van der Waals surface area (Å²) >= 11 is 14.1. The molecule has 1 saturated heterocycles. The number of benzene rings is 3. The van der Waals surface area contributed by atoms with E-state index < -0.39 is 0 Å². The van der Waals surface area contributed by atoms with Crippen LogP contribution in [0.5, 0.6) is 0 Å². The number of fused-ring (bicyclic) bond motifs is 2. The Kier molecular flexibility index (Phi) is 8.32. The summed E-state index contributed by atoms with van der Waals surface area (Å²) in [4.78, 5) is 20.0. The number of halogens is 2. The van der Waals surface area contributed by atoms with E-state index in [2.05, 4.69) is 17.6 Å². The van der Waals surface area contributed by atoms with E-state index in [1.807, 2.05) is 61.3 Å². The fourth-order valence-electron chi connectivity index (χ4n) is 3.96. The molecule has 0 unspecified atom stereocenters. The van der Waals surface area contributed by atoms with Crippen molar-refractivity contribution < 1.29 is 4.79 Å². The maximum atomic E-state index is 12.9. The molecule has 0 saturated carbocycles. The number of aliphatic imine (C=N–C) groups is 1. The van der Waals surface area contributed by atoms with E-state index in [0.29, 0.717) is 15.6 Å². The largest absolute Gasteiger partial charge is 0.285 e. The molecule has 176 valence electrons. The SMILES string of the molecule is CC.O=C(NN1CCCCC1)c1ccc2c(c1)N=C(c1ccc(Cl)c(Cl)c1)c1ccccc1S2.